The van der Waals surface area contributed by atoms with Crippen LogP contribution in [0.25, 0.3) is 21.0 Å². The van der Waals surface area contributed by atoms with Gasteiger partial charge in [-0.1, -0.05) is 12.1 Å². The fourth-order valence-corrected chi connectivity index (χ4v) is 6.38. The lowest BCUT2D eigenvalue weighted by Crippen LogP contribution is -2.48. The summed E-state index contributed by atoms with van der Waals surface area (Å²) in [5.41, 5.74) is 2.91. The first-order valence-electron chi connectivity index (χ1n) is 12.5. The van der Waals surface area contributed by atoms with E-state index in [9.17, 15) is 9.18 Å². The molecule has 0 aliphatic carbocycles. The molecule has 8 heteroatoms. The van der Waals surface area contributed by atoms with Crippen molar-refractivity contribution < 1.29 is 9.18 Å². The molecular weight excluding hydrogens is 461 g/mol. The molecule has 2 saturated heterocycles. The second-order valence-electron chi connectivity index (χ2n) is 9.83. The van der Waals surface area contributed by atoms with Crippen molar-refractivity contribution in [1.29, 1.82) is 0 Å². The number of hydrogen-bond acceptors (Lipinski definition) is 5. The Balaban J connectivity index is 1.05. The van der Waals surface area contributed by atoms with Crippen LogP contribution in [0, 0.1) is 12.7 Å². The first kappa shape index (κ1) is 22.5. The van der Waals surface area contributed by atoms with E-state index in [2.05, 4.69) is 49.2 Å². The zero-order chi connectivity index (χ0) is 23.9. The Morgan fingerprint density at radius 3 is 2.83 bits per heavy atom. The van der Waals surface area contributed by atoms with Gasteiger partial charge in [0.2, 0.25) is 0 Å². The normalized spacial score (nSPS) is 19.3. The van der Waals surface area contributed by atoms with Gasteiger partial charge in [-0.15, -0.1) is 0 Å². The zero-order valence-corrected chi connectivity index (χ0v) is 20.8. The van der Waals surface area contributed by atoms with E-state index >= 15 is 0 Å². The average molecular weight is 492 g/mol. The molecule has 0 spiro atoms. The Labute approximate surface area is 208 Å². The minimum Gasteiger partial charge on any atom is -0.353 e. The van der Waals surface area contributed by atoms with Crippen molar-refractivity contribution in [3.8, 4) is 0 Å². The molecule has 2 aliphatic rings. The third-order valence-corrected chi connectivity index (χ3v) is 8.31. The second kappa shape index (κ2) is 9.24. The average Bonchev–Trinajstić information content (AvgIpc) is 3.60. The molecule has 0 bridgehead atoms. The van der Waals surface area contributed by atoms with Gasteiger partial charge in [0, 0.05) is 61.6 Å². The lowest BCUT2D eigenvalue weighted by Gasteiger charge is -2.36. The number of carbonyl (C=O) groups excluding carboxylic acids is 1. The number of nitrogens with zero attached hydrogens (tertiary/aromatic N) is 4. The molecule has 4 heterocycles. The van der Waals surface area contributed by atoms with E-state index in [1.165, 1.54) is 23.2 Å². The predicted octanol–water partition coefficient (Wildman–Crippen LogP) is 5.04. The van der Waals surface area contributed by atoms with Crippen molar-refractivity contribution in [2.75, 3.05) is 44.2 Å². The Morgan fingerprint density at radius 2 is 1.97 bits per heavy atom. The van der Waals surface area contributed by atoms with Gasteiger partial charge < -0.3 is 14.8 Å². The van der Waals surface area contributed by atoms with Crippen molar-refractivity contribution >= 4 is 44.2 Å². The molecule has 1 amide bonds. The minimum absolute atomic E-state index is 0.123. The van der Waals surface area contributed by atoms with Crippen LogP contribution >= 0.6 is 11.5 Å². The van der Waals surface area contributed by atoms with E-state index in [1.807, 2.05) is 12.1 Å². The van der Waals surface area contributed by atoms with E-state index in [1.54, 1.807) is 6.07 Å². The summed E-state index contributed by atoms with van der Waals surface area (Å²) in [6.07, 6.45) is 3.15. The lowest BCUT2D eigenvalue weighted by atomic mass is 10.1. The number of hydrogen-bond donors (Lipinski definition) is 1. The van der Waals surface area contributed by atoms with Gasteiger partial charge in [0.25, 0.3) is 5.91 Å². The number of H-pyrrole nitrogens is 1. The number of anilines is 1. The van der Waals surface area contributed by atoms with E-state index in [0.717, 1.165) is 85.3 Å². The Kier molecular flexibility index (Phi) is 5.94. The summed E-state index contributed by atoms with van der Waals surface area (Å²) in [5, 5.41) is 2.13. The number of fused-ring (bicyclic) bond motifs is 2. The standard InChI is InChI=1S/C27H30FN5OS/c1-18-4-5-19-16-24(29-23(19)15-18)27(34)33-9-2-3-21(33)8-10-31-11-13-32(14-12-31)26-22-7-6-20(28)17-25(22)35-30-26/h4-7,15-17,21,29H,2-3,8-14H2,1H3/t21-/m0/s1. The topological polar surface area (TPSA) is 55.5 Å². The largest absolute Gasteiger partial charge is 0.353 e. The van der Waals surface area contributed by atoms with Crippen LogP contribution in [0.3, 0.4) is 0 Å². The fourth-order valence-electron chi connectivity index (χ4n) is 5.56. The van der Waals surface area contributed by atoms with Crippen LogP contribution in [0.15, 0.2) is 42.5 Å². The number of carbonyl (C=O) groups is 1. The van der Waals surface area contributed by atoms with Gasteiger partial charge in [-0.3, -0.25) is 9.69 Å². The third kappa shape index (κ3) is 4.41. The molecule has 0 unspecified atom stereocenters. The van der Waals surface area contributed by atoms with Gasteiger partial charge in [0.15, 0.2) is 0 Å². The highest BCUT2D eigenvalue weighted by Gasteiger charge is 2.31. The van der Waals surface area contributed by atoms with Crippen LogP contribution in [0.4, 0.5) is 10.2 Å². The van der Waals surface area contributed by atoms with Crippen LogP contribution in [0.2, 0.25) is 0 Å². The first-order chi connectivity index (χ1) is 17.0. The monoisotopic (exact) mass is 491 g/mol. The quantitative estimate of drug-likeness (QED) is 0.425. The maximum Gasteiger partial charge on any atom is 0.270 e. The molecule has 0 radical (unpaired) electrons. The summed E-state index contributed by atoms with van der Waals surface area (Å²) in [6.45, 7) is 7.68. The highest BCUT2D eigenvalue weighted by atomic mass is 32.1. The first-order valence-corrected chi connectivity index (χ1v) is 13.2. The van der Waals surface area contributed by atoms with Crippen molar-refractivity contribution in [3.05, 3.63) is 59.5 Å². The number of aryl methyl sites for hydroxylation is 1. The Morgan fingerprint density at radius 1 is 1.11 bits per heavy atom. The summed E-state index contributed by atoms with van der Waals surface area (Å²) in [4.78, 5) is 23.5. The van der Waals surface area contributed by atoms with Crippen molar-refractivity contribution in [2.24, 2.45) is 0 Å². The smallest absolute Gasteiger partial charge is 0.270 e. The number of piperazine rings is 1. The van der Waals surface area contributed by atoms with E-state index < -0.39 is 0 Å². The van der Waals surface area contributed by atoms with Gasteiger partial charge in [0.1, 0.15) is 17.3 Å². The molecular formula is C27H30FN5OS. The van der Waals surface area contributed by atoms with Crippen LogP contribution in [-0.2, 0) is 0 Å². The number of likely N-dealkylation sites (tertiary alicyclic amines) is 1. The molecule has 6 rings (SSSR count). The molecule has 2 aromatic carbocycles. The van der Waals surface area contributed by atoms with Gasteiger partial charge in [-0.2, -0.15) is 4.37 Å². The molecule has 4 aromatic rings. The van der Waals surface area contributed by atoms with Crippen LogP contribution in [-0.4, -0.2) is 70.4 Å². The number of halogens is 1. The van der Waals surface area contributed by atoms with Gasteiger partial charge in [-0.25, -0.2) is 4.39 Å². The minimum atomic E-state index is -0.211. The maximum absolute atomic E-state index is 13.5. The molecule has 182 valence electrons. The van der Waals surface area contributed by atoms with Crippen molar-refractivity contribution in [1.82, 2.24) is 19.2 Å². The van der Waals surface area contributed by atoms with E-state index in [4.69, 9.17) is 0 Å². The molecule has 2 aliphatic heterocycles. The SMILES string of the molecule is Cc1ccc2cc(C(=O)N3CCC[C@H]3CCN3CCN(c4nsc5cc(F)ccc45)CC3)[nH]c2c1. The fraction of sp³-hybridized carbons (Fsp3) is 0.407. The van der Waals surface area contributed by atoms with E-state index in [0.29, 0.717) is 11.7 Å². The summed E-state index contributed by atoms with van der Waals surface area (Å²) in [7, 11) is 0. The zero-order valence-electron chi connectivity index (χ0n) is 20.0. The summed E-state index contributed by atoms with van der Waals surface area (Å²) >= 11 is 1.37. The summed E-state index contributed by atoms with van der Waals surface area (Å²) in [5.74, 6) is 0.889. The molecule has 2 fully saturated rings. The van der Waals surface area contributed by atoms with E-state index in [-0.39, 0.29) is 11.7 Å². The molecule has 1 N–H and O–H groups in total. The molecule has 2 aromatic heterocycles. The molecule has 1 atom stereocenters. The highest BCUT2D eigenvalue weighted by Crippen LogP contribution is 2.31. The highest BCUT2D eigenvalue weighted by molar-refractivity contribution is 7.13. The third-order valence-electron chi connectivity index (χ3n) is 7.51. The molecule has 35 heavy (non-hydrogen) atoms. The van der Waals surface area contributed by atoms with Gasteiger partial charge >= 0.3 is 0 Å². The van der Waals surface area contributed by atoms with Crippen LogP contribution < -0.4 is 4.90 Å². The number of aromatic nitrogens is 2. The number of aromatic amines is 1. The van der Waals surface area contributed by atoms with Gasteiger partial charge in [0.05, 0.1) is 4.70 Å². The maximum atomic E-state index is 13.5. The van der Waals surface area contributed by atoms with Crippen LogP contribution in [0.5, 0.6) is 0 Å². The number of amides is 1. The summed E-state index contributed by atoms with van der Waals surface area (Å²) < 4.78 is 19.0. The van der Waals surface area contributed by atoms with Gasteiger partial charge in [-0.05, 0) is 73.6 Å². The predicted molar refractivity (Wildman–Crippen MR) is 140 cm³/mol. The number of nitrogens with one attached hydrogen (secondary N) is 1. The van der Waals surface area contributed by atoms with Crippen molar-refractivity contribution in [2.45, 2.75) is 32.2 Å². The summed E-state index contributed by atoms with van der Waals surface area (Å²) in [6, 6.07) is 13.5. The number of rotatable bonds is 5. The Bertz CT molecular complexity index is 1370. The molecule has 0 saturated carbocycles. The number of benzene rings is 2. The van der Waals surface area contributed by atoms with Crippen molar-refractivity contribution in [3.63, 3.8) is 0 Å². The Hall–Kier alpha value is -2.97. The second-order valence-corrected chi connectivity index (χ2v) is 10.6. The van der Waals surface area contributed by atoms with Crippen LogP contribution in [0.1, 0.15) is 35.3 Å². The lowest BCUT2D eigenvalue weighted by molar-refractivity contribution is 0.0715. The molecule has 6 nitrogen and oxygen atoms in total.